The van der Waals surface area contributed by atoms with Crippen LogP contribution in [0.2, 0.25) is 0 Å². The molecule has 0 spiro atoms. The molecular weight excluding hydrogens is 232 g/mol. The van der Waals surface area contributed by atoms with Crippen LogP contribution < -0.4 is 5.73 Å². The van der Waals surface area contributed by atoms with E-state index in [1.165, 1.54) is 12.1 Å². The van der Waals surface area contributed by atoms with E-state index < -0.39 is 5.97 Å². The normalized spacial score (nSPS) is 10.6. The SMILES string of the molecule is Cc1nn(-c2nc(C(=O)O)ccc2N)c(C)c1C. The van der Waals surface area contributed by atoms with Crippen molar-refractivity contribution in [2.75, 3.05) is 5.73 Å². The molecule has 0 bridgehead atoms. The molecule has 94 valence electrons. The Bertz CT molecular complexity index is 631. The number of carboxylic acid groups (broad SMARTS) is 1. The van der Waals surface area contributed by atoms with Crippen LogP contribution in [0.25, 0.3) is 5.82 Å². The summed E-state index contributed by atoms with van der Waals surface area (Å²) in [5.41, 5.74) is 8.98. The number of hydrogen-bond donors (Lipinski definition) is 2. The van der Waals surface area contributed by atoms with Gasteiger partial charge in [0, 0.05) is 5.69 Å². The molecule has 3 N–H and O–H groups in total. The van der Waals surface area contributed by atoms with Gasteiger partial charge in [-0.1, -0.05) is 0 Å². The fourth-order valence-corrected chi connectivity index (χ4v) is 1.67. The van der Waals surface area contributed by atoms with Crippen molar-refractivity contribution in [2.24, 2.45) is 0 Å². The number of aromatic nitrogens is 3. The van der Waals surface area contributed by atoms with Crippen molar-refractivity contribution < 1.29 is 9.90 Å². The van der Waals surface area contributed by atoms with Crippen molar-refractivity contribution in [2.45, 2.75) is 20.8 Å². The molecule has 2 aromatic rings. The number of carboxylic acids is 1. The average molecular weight is 246 g/mol. The van der Waals surface area contributed by atoms with Gasteiger partial charge < -0.3 is 10.8 Å². The predicted molar refractivity (Wildman–Crippen MR) is 66.9 cm³/mol. The van der Waals surface area contributed by atoms with Gasteiger partial charge in [-0.3, -0.25) is 0 Å². The highest BCUT2D eigenvalue weighted by Crippen LogP contribution is 2.20. The van der Waals surface area contributed by atoms with E-state index in [9.17, 15) is 4.79 Å². The maximum absolute atomic E-state index is 10.9. The van der Waals surface area contributed by atoms with E-state index >= 15 is 0 Å². The number of hydrogen-bond acceptors (Lipinski definition) is 4. The first-order chi connectivity index (χ1) is 8.41. The molecule has 0 saturated heterocycles. The molecule has 18 heavy (non-hydrogen) atoms. The van der Waals surface area contributed by atoms with Gasteiger partial charge in [0.15, 0.2) is 11.5 Å². The topological polar surface area (TPSA) is 94.0 Å². The van der Waals surface area contributed by atoms with Crippen LogP contribution in [-0.2, 0) is 0 Å². The minimum absolute atomic E-state index is 0.0515. The molecule has 0 fully saturated rings. The fourth-order valence-electron chi connectivity index (χ4n) is 1.67. The number of carbonyl (C=O) groups is 1. The maximum atomic E-state index is 10.9. The fraction of sp³-hybridized carbons (Fsp3) is 0.250. The zero-order valence-electron chi connectivity index (χ0n) is 10.4. The quantitative estimate of drug-likeness (QED) is 0.836. The Morgan fingerprint density at radius 3 is 2.50 bits per heavy atom. The van der Waals surface area contributed by atoms with Crippen molar-refractivity contribution in [3.63, 3.8) is 0 Å². The molecule has 2 rings (SSSR count). The molecule has 0 unspecified atom stereocenters. The molecule has 0 saturated carbocycles. The molecule has 0 atom stereocenters. The monoisotopic (exact) mass is 246 g/mol. The summed E-state index contributed by atoms with van der Waals surface area (Å²) in [5, 5.41) is 13.3. The lowest BCUT2D eigenvalue weighted by molar-refractivity contribution is 0.0690. The van der Waals surface area contributed by atoms with Crippen molar-refractivity contribution in [3.8, 4) is 5.82 Å². The third-order valence-corrected chi connectivity index (χ3v) is 2.98. The van der Waals surface area contributed by atoms with Gasteiger partial charge in [0.05, 0.1) is 11.4 Å². The van der Waals surface area contributed by atoms with Gasteiger partial charge in [-0.15, -0.1) is 0 Å². The lowest BCUT2D eigenvalue weighted by atomic mass is 10.2. The van der Waals surface area contributed by atoms with Gasteiger partial charge in [-0.2, -0.15) is 5.10 Å². The van der Waals surface area contributed by atoms with Crippen LogP contribution in [-0.4, -0.2) is 25.8 Å². The lowest BCUT2D eigenvalue weighted by Crippen LogP contribution is -2.10. The molecule has 0 aliphatic carbocycles. The van der Waals surface area contributed by atoms with Crippen molar-refractivity contribution in [1.29, 1.82) is 0 Å². The number of aromatic carboxylic acids is 1. The van der Waals surface area contributed by atoms with E-state index in [1.807, 2.05) is 20.8 Å². The number of aryl methyl sites for hydroxylation is 1. The summed E-state index contributed by atoms with van der Waals surface area (Å²) in [4.78, 5) is 15.0. The third-order valence-electron chi connectivity index (χ3n) is 2.98. The van der Waals surface area contributed by atoms with Gasteiger partial charge in [0.1, 0.15) is 0 Å². The highest BCUT2D eigenvalue weighted by Gasteiger charge is 2.15. The molecule has 6 nitrogen and oxygen atoms in total. The Kier molecular flexibility index (Phi) is 2.78. The summed E-state index contributed by atoms with van der Waals surface area (Å²) in [7, 11) is 0. The van der Waals surface area contributed by atoms with Crippen LogP contribution >= 0.6 is 0 Å². The molecule has 0 aliphatic heterocycles. The predicted octanol–water partition coefficient (Wildman–Crippen LogP) is 1.47. The molecule has 0 amide bonds. The Morgan fingerprint density at radius 1 is 1.33 bits per heavy atom. The van der Waals surface area contributed by atoms with Gasteiger partial charge >= 0.3 is 5.97 Å². The van der Waals surface area contributed by atoms with E-state index in [4.69, 9.17) is 10.8 Å². The Morgan fingerprint density at radius 2 is 2.00 bits per heavy atom. The van der Waals surface area contributed by atoms with E-state index in [0.717, 1.165) is 17.0 Å². The molecule has 6 heteroatoms. The van der Waals surface area contributed by atoms with Crippen molar-refractivity contribution in [1.82, 2.24) is 14.8 Å². The van der Waals surface area contributed by atoms with Crippen molar-refractivity contribution in [3.05, 3.63) is 34.8 Å². The number of nitrogens with two attached hydrogens (primary N) is 1. The number of rotatable bonds is 2. The number of nitrogen functional groups attached to an aromatic ring is 1. The van der Waals surface area contributed by atoms with Gasteiger partial charge in [-0.05, 0) is 38.5 Å². The van der Waals surface area contributed by atoms with Crippen LogP contribution in [0.15, 0.2) is 12.1 Å². The largest absolute Gasteiger partial charge is 0.477 e. The van der Waals surface area contributed by atoms with E-state index in [2.05, 4.69) is 10.1 Å². The second-order valence-electron chi connectivity index (χ2n) is 4.12. The Balaban J connectivity index is 2.66. The molecule has 0 radical (unpaired) electrons. The molecule has 0 aromatic carbocycles. The number of pyridine rings is 1. The Hall–Kier alpha value is -2.37. The molecule has 2 aromatic heterocycles. The number of nitrogens with zero attached hydrogens (tertiary/aromatic N) is 3. The van der Waals surface area contributed by atoms with Crippen LogP contribution in [0, 0.1) is 20.8 Å². The molecule has 0 aliphatic rings. The summed E-state index contributed by atoms with van der Waals surface area (Å²) in [6, 6.07) is 2.90. The zero-order chi connectivity index (χ0) is 13.4. The zero-order valence-corrected chi connectivity index (χ0v) is 10.4. The highest BCUT2D eigenvalue weighted by molar-refractivity contribution is 5.86. The second kappa shape index (κ2) is 4.14. The van der Waals surface area contributed by atoms with Crippen LogP contribution in [0.3, 0.4) is 0 Å². The van der Waals surface area contributed by atoms with E-state index in [1.54, 1.807) is 4.68 Å². The molecular formula is C12H14N4O2. The summed E-state index contributed by atoms with van der Waals surface area (Å²) in [6.07, 6.45) is 0. The van der Waals surface area contributed by atoms with Gasteiger partial charge in [0.2, 0.25) is 0 Å². The third kappa shape index (κ3) is 1.81. The summed E-state index contributed by atoms with van der Waals surface area (Å²) in [6.45, 7) is 5.73. The minimum atomic E-state index is -1.09. The summed E-state index contributed by atoms with van der Waals surface area (Å²) in [5.74, 6) is -0.738. The minimum Gasteiger partial charge on any atom is -0.477 e. The molecule has 2 heterocycles. The van der Waals surface area contributed by atoms with Crippen molar-refractivity contribution >= 4 is 11.7 Å². The second-order valence-corrected chi connectivity index (χ2v) is 4.12. The first-order valence-electron chi connectivity index (χ1n) is 5.45. The van der Waals surface area contributed by atoms with E-state index in [-0.39, 0.29) is 5.69 Å². The smallest absolute Gasteiger partial charge is 0.354 e. The average Bonchev–Trinajstić information content (AvgIpc) is 2.57. The standard InChI is InChI=1S/C12H14N4O2/c1-6-7(2)15-16(8(6)3)11-9(13)4-5-10(14-11)12(17)18/h4-5H,13H2,1-3H3,(H,17,18). The van der Waals surface area contributed by atoms with Gasteiger partial charge in [-0.25, -0.2) is 14.5 Å². The van der Waals surface area contributed by atoms with Crippen LogP contribution in [0.5, 0.6) is 0 Å². The first kappa shape index (κ1) is 12.1. The van der Waals surface area contributed by atoms with Gasteiger partial charge in [0.25, 0.3) is 0 Å². The van der Waals surface area contributed by atoms with Crippen LogP contribution in [0.4, 0.5) is 5.69 Å². The first-order valence-corrected chi connectivity index (χ1v) is 5.45. The summed E-state index contributed by atoms with van der Waals surface area (Å²) < 4.78 is 1.58. The summed E-state index contributed by atoms with van der Waals surface area (Å²) >= 11 is 0. The highest BCUT2D eigenvalue weighted by atomic mass is 16.4. The maximum Gasteiger partial charge on any atom is 0.354 e. The number of anilines is 1. The lowest BCUT2D eigenvalue weighted by Gasteiger charge is -2.07. The van der Waals surface area contributed by atoms with E-state index in [0.29, 0.717) is 11.5 Å². The Labute approximate surface area is 104 Å². The van der Waals surface area contributed by atoms with Crippen LogP contribution in [0.1, 0.15) is 27.4 Å².